The Morgan fingerprint density at radius 3 is 2.71 bits per heavy atom. The van der Waals surface area contributed by atoms with Gasteiger partial charge in [0.05, 0.1) is 16.4 Å². The van der Waals surface area contributed by atoms with Gasteiger partial charge in [0.2, 0.25) is 5.95 Å². The molecule has 0 bridgehead atoms. The standard InChI is InChI=1S/C17H21ClIN5/c1-24(2)8-7-20-17-22-15(11-3-4-11)10-16(23-17)21-14-6-5-12(19)9-13(14)18/h5-6,9-11H,3-4,7-8H2,1-2H3,(H2,20,21,22,23). The molecule has 3 rings (SSSR count). The maximum absolute atomic E-state index is 6.32. The van der Waals surface area contributed by atoms with Crippen LogP contribution in [0.5, 0.6) is 0 Å². The molecule has 1 aromatic heterocycles. The van der Waals surface area contributed by atoms with Crippen LogP contribution in [-0.4, -0.2) is 42.1 Å². The molecule has 0 saturated heterocycles. The molecule has 2 aromatic rings. The summed E-state index contributed by atoms with van der Waals surface area (Å²) in [5.74, 6) is 2.02. The Hall–Kier alpha value is -1.12. The number of likely N-dealkylation sites (N-methyl/N-ethyl adjacent to an activating group) is 1. The van der Waals surface area contributed by atoms with Crippen molar-refractivity contribution in [2.45, 2.75) is 18.8 Å². The van der Waals surface area contributed by atoms with Crippen LogP contribution in [0.25, 0.3) is 0 Å². The molecule has 24 heavy (non-hydrogen) atoms. The number of nitrogens with zero attached hydrogens (tertiary/aromatic N) is 3. The van der Waals surface area contributed by atoms with Crippen molar-refractivity contribution in [1.82, 2.24) is 14.9 Å². The third-order valence-corrected chi connectivity index (χ3v) is 4.76. The van der Waals surface area contributed by atoms with Crippen LogP contribution in [0.3, 0.4) is 0 Å². The van der Waals surface area contributed by atoms with Crippen molar-refractivity contribution in [1.29, 1.82) is 0 Å². The molecule has 1 aliphatic rings. The Balaban J connectivity index is 1.79. The van der Waals surface area contributed by atoms with Gasteiger partial charge in [0.15, 0.2) is 0 Å². The monoisotopic (exact) mass is 457 g/mol. The Kier molecular flexibility index (Phi) is 5.78. The minimum absolute atomic E-state index is 0.565. The fourth-order valence-electron chi connectivity index (χ4n) is 2.32. The van der Waals surface area contributed by atoms with Crippen LogP contribution in [0, 0.1) is 3.57 Å². The molecular formula is C17H21ClIN5. The Bertz CT molecular complexity index is 718. The van der Waals surface area contributed by atoms with E-state index >= 15 is 0 Å². The van der Waals surface area contributed by atoms with E-state index in [-0.39, 0.29) is 0 Å². The van der Waals surface area contributed by atoms with E-state index < -0.39 is 0 Å². The molecule has 128 valence electrons. The molecule has 1 heterocycles. The highest BCUT2D eigenvalue weighted by Crippen LogP contribution is 2.40. The van der Waals surface area contributed by atoms with E-state index in [1.165, 1.54) is 12.8 Å². The lowest BCUT2D eigenvalue weighted by atomic mass is 10.2. The van der Waals surface area contributed by atoms with Gasteiger partial charge >= 0.3 is 0 Å². The molecule has 0 spiro atoms. The van der Waals surface area contributed by atoms with Gasteiger partial charge in [-0.2, -0.15) is 4.98 Å². The highest BCUT2D eigenvalue weighted by molar-refractivity contribution is 14.1. The minimum Gasteiger partial charge on any atom is -0.353 e. The summed E-state index contributed by atoms with van der Waals surface area (Å²) in [6, 6.07) is 7.96. The second-order valence-corrected chi connectivity index (χ2v) is 7.91. The van der Waals surface area contributed by atoms with E-state index in [1.807, 2.05) is 24.3 Å². The molecule has 1 aromatic carbocycles. The number of rotatable bonds is 7. The maximum atomic E-state index is 6.32. The fraction of sp³-hybridized carbons (Fsp3) is 0.412. The SMILES string of the molecule is CN(C)CCNc1nc(Nc2ccc(I)cc2Cl)cc(C2CC2)n1. The largest absolute Gasteiger partial charge is 0.353 e. The van der Waals surface area contributed by atoms with Crippen LogP contribution < -0.4 is 10.6 Å². The molecule has 5 nitrogen and oxygen atoms in total. The fourth-order valence-corrected chi connectivity index (χ4v) is 3.22. The van der Waals surface area contributed by atoms with Crippen LogP contribution in [0.2, 0.25) is 5.02 Å². The lowest BCUT2D eigenvalue weighted by Gasteiger charge is -2.13. The highest BCUT2D eigenvalue weighted by atomic mass is 127. The van der Waals surface area contributed by atoms with Crippen molar-refractivity contribution in [3.63, 3.8) is 0 Å². The van der Waals surface area contributed by atoms with E-state index in [0.717, 1.165) is 33.9 Å². The Labute approximate surface area is 161 Å². The van der Waals surface area contributed by atoms with Crippen LogP contribution in [0.15, 0.2) is 24.3 Å². The first-order chi connectivity index (χ1) is 11.5. The van der Waals surface area contributed by atoms with Gasteiger partial charge in [-0.15, -0.1) is 0 Å². The molecular weight excluding hydrogens is 437 g/mol. The van der Waals surface area contributed by atoms with Gasteiger partial charge in [-0.05, 0) is 67.7 Å². The zero-order chi connectivity index (χ0) is 17.1. The molecule has 7 heteroatoms. The molecule has 0 atom stereocenters. The van der Waals surface area contributed by atoms with Crippen molar-refractivity contribution >= 4 is 51.6 Å². The number of halogens is 2. The number of nitrogens with one attached hydrogen (secondary N) is 2. The lowest BCUT2D eigenvalue weighted by Crippen LogP contribution is -2.21. The van der Waals surface area contributed by atoms with Crippen LogP contribution >= 0.6 is 34.2 Å². The second kappa shape index (κ2) is 7.84. The third kappa shape index (κ3) is 4.94. The smallest absolute Gasteiger partial charge is 0.224 e. The van der Waals surface area contributed by atoms with Crippen molar-refractivity contribution in [2.75, 3.05) is 37.8 Å². The molecule has 0 aliphatic heterocycles. The second-order valence-electron chi connectivity index (χ2n) is 6.26. The normalized spacial score (nSPS) is 14.0. The zero-order valence-electron chi connectivity index (χ0n) is 13.8. The highest BCUT2D eigenvalue weighted by Gasteiger charge is 2.26. The molecule has 0 amide bonds. The molecule has 2 N–H and O–H groups in total. The Morgan fingerprint density at radius 1 is 1.25 bits per heavy atom. The number of anilines is 3. The van der Waals surface area contributed by atoms with Crippen molar-refractivity contribution in [3.8, 4) is 0 Å². The predicted octanol–water partition coefficient (Wildman–Crippen LogP) is 4.33. The third-order valence-electron chi connectivity index (χ3n) is 3.78. The van der Waals surface area contributed by atoms with Gasteiger partial charge in [-0.25, -0.2) is 4.98 Å². The molecule has 1 saturated carbocycles. The summed E-state index contributed by atoms with van der Waals surface area (Å²) in [6.45, 7) is 1.74. The van der Waals surface area contributed by atoms with E-state index in [9.17, 15) is 0 Å². The first kappa shape index (κ1) is 17.7. The van der Waals surface area contributed by atoms with Gasteiger partial charge < -0.3 is 15.5 Å². The van der Waals surface area contributed by atoms with E-state index in [2.05, 4.69) is 62.2 Å². The first-order valence-corrected chi connectivity index (χ1v) is 9.46. The van der Waals surface area contributed by atoms with Gasteiger partial charge in [-0.1, -0.05) is 11.6 Å². The zero-order valence-corrected chi connectivity index (χ0v) is 16.7. The van der Waals surface area contributed by atoms with Crippen molar-refractivity contribution in [3.05, 3.63) is 38.6 Å². The molecule has 0 unspecified atom stereocenters. The average Bonchev–Trinajstić information content (AvgIpc) is 3.34. The summed E-state index contributed by atoms with van der Waals surface area (Å²) in [5.41, 5.74) is 1.96. The van der Waals surface area contributed by atoms with Crippen molar-refractivity contribution in [2.24, 2.45) is 0 Å². The lowest BCUT2D eigenvalue weighted by molar-refractivity contribution is 0.425. The number of hydrogen-bond acceptors (Lipinski definition) is 5. The van der Waals surface area contributed by atoms with E-state index in [0.29, 0.717) is 16.9 Å². The minimum atomic E-state index is 0.565. The van der Waals surface area contributed by atoms with Gasteiger partial charge in [0.1, 0.15) is 5.82 Å². The first-order valence-electron chi connectivity index (χ1n) is 8.01. The van der Waals surface area contributed by atoms with Gasteiger partial charge in [-0.3, -0.25) is 0 Å². The van der Waals surface area contributed by atoms with Gasteiger partial charge in [0, 0.05) is 28.6 Å². The summed E-state index contributed by atoms with van der Waals surface area (Å²) in [6.07, 6.45) is 2.41. The van der Waals surface area contributed by atoms with E-state index in [4.69, 9.17) is 11.6 Å². The number of hydrogen-bond donors (Lipinski definition) is 2. The maximum Gasteiger partial charge on any atom is 0.224 e. The number of benzene rings is 1. The Morgan fingerprint density at radius 2 is 2.04 bits per heavy atom. The topological polar surface area (TPSA) is 53.1 Å². The molecule has 1 fully saturated rings. The van der Waals surface area contributed by atoms with Crippen LogP contribution in [0.4, 0.5) is 17.5 Å². The van der Waals surface area contributed by atoms with Gasteiger partial charge in [0.25, 0.3) is 0 Å². The molecule has 0 radical (unpaired) electrons. The summed E-state index contributed by atoms with van der Waals surface area (Å²) in [5, 5.41) is 7.33. The predicted molar refractivity (Wildman–Crippen MR) is 109 cm³/mol. The summed E-state index contributed by atoms with van der Waals surface area (Å²) < 4.78 is 1.11. The summed E-state index contributed by atoms with van der Waals surface area (Å²) >= 11 is 8.57. The summed E-state index contributed by atoms with van der Waals surface area (Å²) in [4.78, 5) is 11.4. The van der Waals surface area contributed by atoms with Crippen molar-refractivity contribution < 1.29 is 0 Å². The van der Waals surface area contributed by atoms with Crippen LogP contribution in [-0.2, 0) is 0 Å². The summed E-state index contributed by atoms with van der Waals surface area (Å²) in [7, 11) is 4.10. The quantitative estimate of drug-likeness (QED) is 0.606. The molecule has 1 aliphatic carbocycles. The number of aromatic nitrogens is 2. The average molecular weight is 458 g/mol. The van der Waals surface area contributed by atoms with E-state index in [1.54, 1.807) is 0 Å². The van der Waals surface area contributed by atoms with Crippen LogP contribution in [0.1, 0.15) is 24.5 Å².